The highest BCUT2D eigenvalue weighted by molar-refractivity contribution is 5.97. The lowest BCUT2D eigenvalue weighted by Gasteiger charge is -2.04. The lowest BCUT2D eigenvalue weighted by molar-refractivity contribution is 0.599. The van der Waals surface area contributed by atoms with E-state index < -0.39 is 0 Å². The number of fused-ring (bicyclic) bond motifs is 1. The Hall–Kier alpha value is -3.58. The molecule has 128 valence electrons. The summed E-state index contributed by atoms with van der Waals surface area (Å²) in [6.45, 7) is 0. The van der Waals surface area contributed by atoms with Crippen LogP contribution in [0.1, 0.15) is 0 Å². The van der Waals surface area contributed by atoms with Gasteiger partial charge in [0.2, 0.25) is 0 Å². The van der Waals surface area contributed by atoms with Gasteiger partial charge < -0.3 is 4.42 Å². The van der Waals surface area contributed by atoms with Crippen molar-refractivity contribution in [1.82, 2.24) is 0 Å². The van der Waals surface area contributed by atoms with E-state index in [4.69, 9.17) is 4.42 Å². The summed E-state index contributed by atoms with van der Waals surface area (Å²) in [6.07, 6.45) is 0. The van der Waals surface area contributed by atoms with Crippen molar-refractivity contribution >= 4 is 10.8 Å². The molecule has 0 radical (unpaired) electrons. The molecule has 0 atom stereocenters. The third-order valence-electron chi connectivity index (χ3n) is 4.91. The first-order chi connectivity index (χ1) is 13.4. The van der Waals surface area contributed by atoms with Crippen molar-refractivity contribution in [2.24, 2.45) is 0 Å². The van der Waals surface area contributed by atoms with Gasteiger partial charge in [0.25, 0.3) is 0 Å². The molecule has 0 fully saturated rings. The molecule has 0 amide bonds. The van der Waals surface area contributed by atoms with Crippen LogP contribution in [0.2, 0.25) is 0 Å². The smallest absolute Gasteiger partial charge is 0.142 e. The first kappa shape index (κ1) is 15.7. The van der Waals surface area contributed by atoms with E-state index in [0.29, 0.717) is 0 Å². The Bertz CT molecular complexity index is 1140. The summed E-state index contributed by atoms with van der Waals surface area (Å²) in [5.41, 5.74) is 4.48. The quantitative estimate of drug-likeness (QED) is 0.331. The predicted molar refractivity (Wildman–Crippen MR) is 113 cm³/mol. The van der Waals surface area contributed by atoms with Gasteiger partial charge in [-0.25, -0.2) is 0 Å². The minimum absolute atomic E-state index is 0.893. The third kappa shape index (κ3) is 2.84. The Labute approximate surface area is 158 Å². The zero-order chi connectivity index (χ0) is 18.1. The molecular weight excluding hydrogens is 328 g/mol. The van der Waals surface area contributed by atoms with Crippen LogP contribution in [-0.4, -0.2) is 0 Å². The molecular formula is C26H18O. The summed E-state index contributed by atoms with van der Waals surface area (Å²) in [6, 6.07) is 37.7. The van der Waals surface area contributed by atoms with Crippen molar-refractivity contribution in [2.45, 2.75) is 0 Å². The lowest BCUT2D eigenvalue weighted by atomic mass is 9.99. The number of hydrogen-bond acceptors (Lipinski definition) is 1. The van der Waals surface area contributed by atoms with E-state index in [1.165, 1.54) is 10.8 Å². The van der Waals surface area contributed by atoms with Crippen LogP contribution in [-0.2, 0) is 0 Å². The van der Waals surface area contributed by atoms with Gasteiger partial charge in [-0.15, -0.1) is 0 Å². The summed E-state index contributed by atoms with van der Waals surface area (Å²) < 4.78 is 6.45. The standard InChI is InChI=1S/C26H18O/c1-3-10-20(11-4-1)24-18-25(27-26(24)21-13-5-2-6-14-21)23-17-9-15-19-12-7-8-16-22(19)23/h1-18H. The Balaban J connectivity index is 1.76. The van der Waals surface area contributed by atoms with Crippen molar-refractivity contribution in [1.29, 1.82) is 0 Å². The SMILES string of the molecule is c1ccc(-c2cc(-c3cccc4ccccc34)oc2-c2ccccc2)cc1. The van der Waals surface area contributed by atoms with E-state index in [1.807, 2.05) is 24.3 Å². The van der Waals surface area contributed by atoms with Crippen molar-refractivity contribution in [3.8, 4) is 33.8 Å². The van der Waals surface area contributed by atoms with Gasteiger partial charge in [0.05, 0.1) is 0 Å². The Morgan fingerprint density at radius 1 is 0.481 bits per heavy atom. The molecule has 0 aliphatic carbocycles. The van der Waals surface area contributed by atoms with Crippen LogP contribution >= 0.6 is 0 Å². The first-order valence-electron chi connectivity index (χ1n) is 9.13. The maximum absolute atomic E-state index is 6.45. The van der Waals surface area contributed by atoms with Crippen molar-refractivity contribution in [3.05, 3.63) is 109 Å². The molecule has 1 heterocycles. The maximum atomic E-state index is 6.45. The van der Waals surface area contributed by atoms with Crippen molar-refractivity contribution < 1.29 is 4.42 Å². The molecule has 0 saturated carbocycles. The van der Waals surface area contributed by atoms with Gasteiger partial charge in [0, 0.05) is 16.7 Å². The summed E-state index contributed by atoms with van der Waals surface area (Å²) in [4.78, 5) is 0. The second kappa shape index (κ2) is 6.62. The first-order valence-corrected chi connectivity index (χ1v) is 9.13. The van der Waals surface area contributed by atoms with E-state index in [0.717, 1.165) is 33.8 Å². The number of hydrogen-bond donors (Lipinski definition) is 0. The van der Waals surface area contributed by atoms with Crippen LogP contribution in [0.5, 0.6) is 0 Å². The molecule has 0 spiro atoms. The van der Waals surface area contributed by atoms with Crippen LogP contribution in [0.3, 0.4) is 0 Å². The molecule has 5 aromatic rings. The third-order valence-corrected chi connectivity index (χ3v) is 4.91. The molecule has 0 bridgehead atoms. The topological polar surface area (TPSA) is 13.1 Å². The summed E-state index contributed by atoms with van der Waals surface area (Å²) >= 11 is 0. The van der Waals surface area contributed by atoms with Crippen molar-refractivity contribution in [3.63, 3.8) is 0 Å². The minimum Gasteiger partial charge on any atom is -0.455 e. The second-order valence-corrected chi connectivity index (χ2v) is 6.61. The average Bonchev–Trinajstić information content (AvgIpc) is 3.20. The van der Waals surface area contributed by atoms with E-state index in [9.17, 15) is 0 Å². The van der Waals surface area contributed by atoms with Gasteiger partial charge >= 0.3 is 0 Å². The predicted octanol–water partition coefficient (Wildman–Crippen LogP) is 7.43. The van der Waals surface area contributed by atoms with Crippen LogP contribution in [0, 0.1) is 0 Å². The van der Waals surface area contributed by atoms with Crippen LogP contribution < -0.4 is 0 Å². The zero-order valence-corrected chi connectivity index (χ0v) is 14.8. The molecule has 27 heavy (non-hydrogen) atoms. The Morgan fingerprint density at radius 2 is 1.11 bits per heavy atom. The highest BCUT2D eigenvalue weighted by Crippen LogP contribution is 2.40. The minimum atomic E-state index is 0.893. The zero-order valence-electron chi connectivity index (χ0n) is 14.8. The summed E-state index contributed by atoms with van der Waals surface area (Å²) in [5, 5.41) is 2.42. The number of furan rings is 1. The van der Waals surface area contributed by atoms with Gasteiger partial charge in [-0.1, -0.05) is 103 Å². The van der Waals surface area contributed by atoms with Crippen LogP contribution in [0.4, 0.5) is 0 Å². The van der Waals surface area contributed by atoms with Crippen LogP contribution in [0.25, 0.3) is 44.5 Å². The van der Waals surface area contributed by atoms with Gasteiger partial charge in [-0.3, -0.25) is 0 Å². The normalized spacial score (nSPS) is 11.0. The van der Waals surface area contributed by atoms with E-state index in [-0.39, 0.29) is 0 Å². The number of rotatable bonds is 3. The lowest BCUT2D eigenvalue weighted by Crippen LogP contribution is -1.78. The van der Waals surface area contributed by atoms with E-state index in [2.05, 4.69) is 84.9 Å². The maximum Gasteiger partial charge on any atom is 0.142 e. The molecule has 0 N–H and O–H groups in total. The van der Waals surface area contributed by atoms with Crippen LogP contribution in [0.15, 0.2) is 114 Å². The fourth-order valence-corrected chi connectivity index (χ4v) is 3.60. The summed E-state index contributed by atoms with van der Waals surface area (Å²) in [5.74, 6) is 1.80. The highest BCUT2D eigenvalue weighted by Gasteiger charge is 2.17. The molecule has 0 aliphatic heterocycles. The number of benzene rings is 4. The molecule has 1 nitrogen and oxygen atoms in total. The van der Waals surface area contributed by atoms with Gasteiger partial charge in [-0.05, 0) is 22.4 Å². The Morgan fingerprint density at radius 3 is 1.89 bits per heavy atom. The molecule has 1 heteroatoms. The fourth-order valence-electron chi connectivity index (χ4n) is 3.60. The Kier molecular flexibility index (Phi) is 3.84. The van der Waals surface area contributed by atoms with Gasteiger partial charge in [-0.2, -0.15) is 0 Å². The van der Waals surface area contributed by atoms with E-state index in [1.54, 1.807) is 0 Å². The van der Waals surface area contributed by atoms with Gasteiger partial charge in [0.1, 0.15) is 11.5 Å². The molecule has 0 saturated heterocycles. The second-order valence-electron chi connectivity index (χ2n) is 6.61. The highest BCUT2D eigenvalue weighted by atomic mass is 16.3. The molecule has 0 unspecified atom stereocenters. The largest absolute Gasteiger partial charge is 0.455 e. The molecule has 1 aromatic heterocycles. The molecule has 5 rings (SSSR count). The fraction of sp³-hybridized carbons (Fsp3) is 0. The molecule has 4 aromatic carbocycles. The monoisotopic (exact) mass is 346 g/mol. The van der Waals surface area contributed by atoms with Gasteiger partial charge in [0.15, 0.2) is 0 Å². The summed E-state index contributed by atoms with van der Waals surface area (Å²) in [7, 11) is 0. The average molecular weight is 346 g/mol. The van der Waals surface area contributed by atoms with E-state index >= 15 is 0 Å². The molecule has 0 aliphatic rings. The van der Waals surface area contributed by atoms with Crippen molar-refractivity contribution in [2.75, 3.05) is 0 Å².